The molecule has 2 rings (SSSR count). The molecular formula is C27H42N2O4Si. The number of carbonyl (C=O) groups excluding carboxylic acids is 2. The van der Waals surface area contributed by atoms with Gasteiger partial charge in [0.2, 0.25) is 0 Å². The summed E-state index contributed by atoms with van der Waals surface area (Å²) in [5.74, 6) is 0.635. The van der Waals surface area contributed by atoms with Crippen LogP contribution in [-0.4, -0.2) is 39.0 Å². The van der Waals surface area contributed by atoms with Crippen molar-refractivity contribution in [1.29, 1.82) is 0 Å². The van der Waals surface area contributed by atoms with E-state index in [4.69, 9.17) is 9.16 Å². The number of rotatable bonds is 9. The molecule has 2 aromatic rings. The quantitative estimate of drug-likeness (QED) is 0.307. The van der Waals surface area contributed by atoms with Gasteiger partial charge in [0.05, 0.1) is 0 Å². The van der Waals surface area contributed by atoms with Crippen molar-refractivity contribution in [3.05, 3.63) is 42.0 Å². The van der Waals surface area contributed by atoms with Crippen molar-refractivity contribution in [2.24, 2.45) is 0 Å². The first-order valence-corrected chi connectivity index (χ1v) is 14.4. The molecular weight excluding hydrogens is 444 g/mol. The monoisotopic (exact) mass is 486 g/mol. The minimum Gasteiger partial charge on any atom is -0.543 e. The highest BCUT2D eigenvalue weighted by Gasteiger charge is 2.47. The molecule has 0 bridgehead atoms. The van der Waals surface area contributed by atoms with Crippen molar-refractivity contribution in [3.8, 4) is 5.75 Å². The molecule has 0 atom stereocenters. The number of hydrogen-bond donors (Lipinski definition) is 2. The lowest BCUT2D eigenvalue weighted by Crippen LogP contribution is -2.50. The van der Waals surface area contributed by atoms with Crippen LogP contribution >= 0.6 is 0 Å². The van der Waals surface area contributed by atoms with Crippen LogP contribution in [0.5, 0.6) is 5.75 Å². The summed E-state index contributed by atoms with van der Waals surface area (Å²) in [5, 5.41) is 7.39. The van der Waals surface area contributed by atoms with Crippen LogP contribution in [0.4, 0.5) is 4.79 Å². The summed E-state index contributed by atoms with van der Waals surface area (Å²) in [7, 11) is -2.11. The minimum atomic E-state index is -2.11. The smallest absolute Gasteiger partial charge is 0.407 e. The van der Waals surface area contributed by atoms with Crippen LogP contribution < -0.4 is 15.1 Å². The Morgan fingerprint density at radius 1 is 0.882 bits per heavy atom. The number of hydrogen-bond acceptors (Lipinski definition) is 4. The van der Waals surface area contributed by atoms with E-state index in [0.29, 0.717) is 28.7 Å². The molecule has 188 valence electrons. The second-order valence-electron chi connectivity index (χ2n) is 10.8. The number of benzene rings is 2. The number of fused-ring (bicyclic) bond motifs is 1. The highest BCUT2D eigenvalue weighted by molar-refractivity contribution is 6.78. The molecule has 0 aromatic heterocycles. The van der Waals surface area contributed by atoms with Crippen molar-refractivity contribution in [1.82, 2.24) is 10.6 Å². The van der Waals surface area contributed by atoms with E-state index in [9.17, 15) is 9.59 Å². The van der Waals surface area contributed by atoms with Crippen LogP contribution in [0.1, 0.15) is 72.7 Å². The number of amides is 2. The fraction of sp³-hybridized carbons (Fsp3) is 0.556. The van der Waals surface area contributed by atoms with Gasteiger partial charge >= 0.3 is 6.09 Å². The Morgan fingerprint density at radius 2 is 1.47 bits per heavy atom. The molecule has 0 aliphatic rings. The SMILES string of the molecule is CC(C)[Si](Oc1ccc2cccc(C(=O)NCCNC(=O)OC(C)(C)C)c2c1)(C(C)C)C(C)C. The third-order valence-corrected chi connectivity index (χ3v) is 12.2. The standard InChI is InChI=1S/C27H42N2O4Si/c1-18(2)34(19(3)4,20(5)6)33-22-14-13-21-11-10-12-23(24(21)17-22)25(30)28-15-16-29-26(31)32-27(7,8)9/h10-14,17-20H,15-16H2,1-9H3,(H,28,30)(H,29,31). The third-order valence-electron chi connectivity index (χ3n) is 6.18. The highest BCUT2D eigenvalue weighted by Crippen LogP contribution is 2.43. The van der Waals surface area contributed by atoms with Gasteiger partial charge in [0, 0.05) is 18.7 Å². The topological polar surface area (TPSA) is 76.7 Å². The largest absolute Gasteiger partial charge is 0.543 e. The van der Waals surface area contributed by atoms with Crippen LogP contribution in [0.15, 0.2) is 36.4 Å². The molecule has 7 heteroatoms. The fourth-order valence-electron chi connectivity index (χ4n) is 4.82. The van der Waals surface area contributed by atoms with Gasteiger partial charge in [0.1, 0.15) is 11.4 Å². The van der Waals surface area contributed by atoms with Crippen molar-refractivity contribution in [3.63, 3.8) is 0 Å². The normalized spacial score (nSPS) is 12.4. The van der Waals surface area contributed by atoms with Crippen molar-refractivity contribution < 1.29 is 18.8 Å². The summed E-state index contributed by atoms with van der Waals surface area (Å²) in [5.41, 5.74) is 1.40. The third kappa shape index (κ3) is 6.75. The molecule has 0 radical (unpaired) electrons. The van der Waals surface area contributed by atoms with Crippen LogP contribution in [-0.2, 0) is 4.74 Å². The molecule has 2 amide bonds. The van der Waals surface area contributed by atoms with Gasteiger partial charge in [0.15, 0.2) is 0 Å². The Labute approximate surface area is 205 Å². The Balaban J connectivity index is 2.20. The molecule has 0 aliphatic carbocycles. The molecule has 0 aliphatic heterocycles. The van der Waals surface area contributed by atoms with E-state index >= 15 is 0 Å². The Kier molecular flexibility index (Phi) is 9.17. The van der Waals surface area contributed by atoms with E-state index < -0.39 is 20.0 Å². The van der Waals surface area contributed by atoms with Crippen molar-refractivity contribution in [2.75, 3.05) is 13.1 Å². The zero-order valence-corrected chi connectivity index (χ0v) is 23.2. The maximum Gasteiger partial charge on any atom is 0.407 e. The number of carbonyl (C=O) groups is 2. The van der Waals surface area contributed by atoms with Crippen LogP contribution in [0.25, 0.3) is 10.8 Å². The molecule has 6 nitrogen and oxygen atoms in total. The molecule has 0 saturated heterocycles. The van der Waals surface area contributed by atoms with Gasteiger partial charge in [-0.15, -0.1) is 0 Å². The minimum absolute atomic E-state index is 0.186. The van der Waals surface area contributed by atoms with E-state index in [0.717, 1.165) is 16.5 Å². The molecule has 0 saturated carbocycles. The van der Waals surface area contributed by atoms with E-state index in [-0.39, 0.29) is 12.5 Å². The van der Waals surface area contributed by atoms with Crippen LogP contribution in [0.2, 0.25) is 16.6 Å². The van der Waals surface area contributed by atoms with Crippen LogP contribution in [0, 0.1) is 0 Å². The lowest BCUT2D eigenvalue weighted by atomic mass is 10.0. The zero-order valence-electron chi connectivity index (χ0n) is 22.2. The summed E-state index contributed by atoms with van der Waals surface area (Å²) < 4.78 is 12.1. The molecule has 0 fully saturated rings. The second-order valence-corrected chi connectivity index (χ2v) is 16.2. The molecule has 2 aromatic carbocycles. The predicted molar refractivity (Wildman–Crippen MR) is 142 cm³/mol. The summed E-state index contributed by atoms with van der Waals surface area (Å²) in [4.78, 5) is 24.8. The molecule has 0 spiro atoms. The van der Waals surface area contributed by atoms with E-state index in [1.165, 1.54) is 0 Å². The lowest BCUT2D eigenvalue weighted by Gasteiger charge is -2.42. The maximum atomic E-state index is 13.0. The van der Waals surface area contributed by atoms with Gasteiger partial charge in [-0.25, -0.2) is 4.79 Å². The number of ether oxygens (including phenoxy) is 1. The molecule has 0 unspecified atom stereocenters. The Bertz CT molecular complexity index is 974. The van der Waals surface area contributed by atoms with E-state index in [1.807, 2.05) is 57.2 Å². The maximum absolute atomic E-state index is 13.0. The van der Waals surface area contributed by atoms with Gasteiger partial charge in [-0.2, -0.15) is 0 Å². The number of alkyl carbamates (subject to hydrolysis) is 1. The molecule has 34 heavy (non-hydrogen) atoms. The van der Waals surface area contributed by atoms with Gasteiger partial charge in [-0.1, -0.05) is 59.7 Å². The fourth-order valence-corrected chi connectivity index (χ4v) is 10.1. The first-order chi connectivity index (χ1) is 15.8. The first-order valence-electron chi connectivity index (χ1n) is 12.2. The summed E-state index contributed by atoms with van der Waals surface area (Å²) >= 11 is 0. The average molecular weight is 487 g/mol. The average Bonchev–Trinajstić information content (AvgIpc) is 2.72. The molecule has 0 heterocycles. The van der Waals surface area contributed by atoms with E-state index in [2.05, 4.69) is 52.2 Å². The first kappa shape index (κ1) is 27.7. The summed E-state index contributed by atoms with van der Waals surface area (Å²) in [6, 6.07) is 11.7. The van der Waals surface area contributed by atoms with Gasteiger partial charge < -0.3 is 19.8 Å². The summed E-state index contributed by atoms with van der Waals surface area (Å²) in [6.45, 7) is 19.6. The molecule has 2 N–H and O–H groups in total. The van der Waals surface area contributed by atoms with Crippen LogP contribution in [0.3, 0.4) is 0 Å². The number of nitrogens with one attached hydrogen (secondary N) is 2. The van der Waals surface area contributed by atoms with Gasteiger partial charge in [-0.05, 0) is 66.4 Å². The van der Waals surface area contributed by atoms with E-state index in [1.54, 1.807) is 0 Å². The van der Waals surface area contributed by atoms with Crippen molar-refractivity contribution in [2.45, 2.75) is 84.5 Å². The highest BCUT2D eigenvalue weighted by atomic mass is 28.4. The Hall–Kier alpha value is -2.54. The van der Waals surface area contributed by atoms with Gasteiger partial charge in [-0.3, -0.25) is 4.79 Å². The lowest BCUT2D eigenvalue weighted by molar-refractivity contribution is 0.0526. The second kappa shape index (κ2) is 11.3. The Morgan fingerprint density at radius 3 is 2.03 bits per heavy atom. The zero-order chi connectivity index (χ0) is 25.7. The van der Waals surface area contributed by atoms with Crippen molar-refractivity contribution >= 4 is 31.1 Å². The van der Waals surface area contributed by atoms with Gasteiger partial charge in [0.25, 0.3) is 14.2 Å². The summed E-state index contributed by atoms with van der Waals surface area (Å²) in [6.07, 6.45) is -0.498. The predicted octanol–water partition coefficient (Wildman–Crippen LogP) is 6.65.